The minimum Gasteiger partial charge on any atom is -0.338 e. The zero-order chi connectivity index (χ0) is 14.5. The number of para-hydroxylation sites is 1. The summed E-state index contributed by atoms with van der Waals surface area (Å²) >= 11 is 0. The Bertz CT molecular complexity index is 588. The summed E-state index contributed by atoms with van der Waals surface area (Å²) in [4.78, 5) is 11.3. The van der Waals surface area contributed by atoms with Gasteiger partial charge in [-0.05, 0) is 37.1 Å². The van der Waals surface area contributed by atoms with E-state index < -0.39 is 0 Å². The Kier molecular flexibility index (Phi) is 4.30. The predicted octanol–water partition coefficient (Wildman–Crippen LogP) is 3.19. The standard InChI is InChI=1S/C15H18N4O/c1-4-14(20)16-12-8-9-13(19-18-12)17-15-10(2)6-5-7-11(15)3/h5-9H,4H2,1-3H3,(H,17,19)(H,16,18,20). The van der Waals surface area contributed by atoms with Gasteiger partial charge in [0, 0.05) is 12.1 Å². The third-order valence-electron chi connectivity index (χ3n) is 2.99. The first-order valence-electron chi connectivity index (χ1n) is 6.57. The second-order valence-corrected chi connectivity index (χ2v) is 4.60. The molecule has 5 heteroatoms. The van der Waals surface area contributed by atoms with Crippen molar-refractivity contribution in [3.8, 4) is 0 Å². The third kappa shape index (κ3) is 3.32. The molecule has 2 aromatic rings. The zero-order valence-corrected chi connectivity index (χ0v) is 11.9. The van der Waals surface area contributed by atoms with Crippen molar-refractivity contribution in [3.05, 3.63) is 41.5 Å². The molecule has 0 aliphatic heterocycles. The molecule has 2 N–H and O–H groups in total. The highest BCUT2D eigenvalue weighted by Gasteiger charge is 2.05. The first-order valence-corrected chi connectivity index (χ1v) is 6.57. The first-order chi connectivity index (χ1) is 9.60. The summed E-state index contributed by atoms with van der Waals surface area (Å²) in [5.41, 5.74) is 3.33. The molecule has 20 heavy (non-hydrogen) atoms. The van der Waals surface area contributed by atoms with Crippen molar-refractivity contribution >= 4 is 23.2 Å². The van der Waals surface area contributed by atoms with Gasteiger partial charge < -0.3 is 10.6 Å². The lowest BCUT2D eigenvalue weighted by Gasteiger charge is -2.11. The van der Waals surface area contributed by atoms with E-state index >= 15 is 0 Å². The third-order valence-corrected chi connectivity index (χ3v) is 2.99. The Balaban J connectivity index is 2.13. The molecule has 5 nitrogen and oxygen atoms in total. The summed E-state index contributed by atoms with van der Waals surface area (Å²) in [5, 5.41) is 14.0. The fourth-order valence-electron chi connectivity index (χ4n) is 1.84. The molecule has 104 valence electrons. The van der Waals surface area contributed by atoms with Gasteiger partial charge in [-0.1, -0.05) is 25.1 Å². The molecule has 0 aliphatic rings. The Morgan fingerprint density at radius 2 is 1.65 bits per heavy atom. The van der Waals surface area contributed by atoms with Gasteiger partial charge in [-0.15, -0.1) is 10.2 Å². The van der Waals surface area contributed by atoms with Crippen molar-refractivity contribution in [2.45, 2.75) is 27.2 Å². The number of carbonyl (C=O) groups excluding carboxylic acids is 1. The van der Waals surface area contributed by atoms with Gasteiger partial charge in [0.25, 0.3) is 0 Å². The molecule has 1 heterocycles. The van der Waals surface area contributed by atoms with Crippen molar-refractivity contribution in [3.63, 3.8) is 0 Å². The normalized spacial score (nSPS) is 10.2. The van der Waals surface area contributed by atoms with E-state index in [1.807, 2.05) is 32.0 Å². The number of hydrogen-bond donors (Lipinski definition) is 2. The molecule has 1 aromatic heterocycles. The lowest BCUT2D eigenvalue weighted by atomic mass is 10.1. The van der Waals surface area contributed by atoms with E-state index in [2.05, 4.69) is 20.8 Å². The van der Waals surface area contributed by atoms with Crippen molar-refractivity contribution < 1.29 is 4.79 Å². The number of hydrogen-bond acceptors (Lipinski definition) is 4. The van der Waals surface area contributed by atoms with Crippen molar-refractivity contribution in [1.82, 2.24) is 10.2 Å². The minimum absolute atomic E-state index is 0.0743. The molecule has 0 radical (unpaired) electrons. The van der Waals surface area contributed by atoms with E-state index in [4.69, 9.17) is 0 Å². The van der Waals surface area contributed by atoms with Gasteiger partial charge in [-0.2, -0.15) is 0 Å². The van der Waals surface area contributed by atoms with Crippen LogP contribution in [-0.2, 0) is 4.79 Å². The van der Waals surface area contributed by atoms with Crippen LogP contribution in [0.25, 0.3) is 0 Å². The summed E-state index contributed by atoms with van der Waals surface area (Å²) in [7, 11) is 0. The number of nitrogens with one attached hydrogen (secondary N) is 2. The highest BCUT2D eigenvalue weighted by molar-refractivity contribution is 5.89. The molecule has 2 rings (SSSR count). The van der Waals surface area contributed by atoms with E-state index in [0.29, 0.717) is 18.1 Å². The van der Waals surface area contributed by atoms with Gasteiger partial charge in [-0.25, -0.2) is 0 Å². The molecule has 0 unspecified atom stereocenters. The lowest BCUT2D eigenvalue weighted by Crippen LogP contribution is -2.11. The predicted molar refractivity (Wildman–Crippen MR) is 80.2 cm³/mol. The largest absolute Gasteiger partial charge is 0.338 e. The molecule has 0 spiro atoms. The van der Waals surface area contributed by atoms with Gasteiger partial charge in [-0.3, -0.25) is 4.79 Å². The number of aromatic nitrogens is 2. The van der Waals surface area contributed by atoms with Crippen molar-refractivity contribution in [1.29, 1.82) is 0 Å². The molecule has 0 saturated carbocycles. The summed E-state index contributed by atoms with van der Waals surface area (Å²) < 4.78 is 0. The van der Waals surface area contributed by atoms with Crippen LogP contribution >= 0.6 is 0 Å². The summed E-state index contributed by atoms with van der Waals surface area (Å²) in [6, 6.07) is 9.63. The zero-order valence-electron chi connectivity index (χ0n) is 11.9. The molecule has 0 fully saturated rings. The van der Waals surface area contributed by atoms with E-state index in [9.17, 15) is 4.79 Å². The van der Waals surface area contributed by atoms with Crippen LogP contribution in [0.3, 0.4) is 0 Å². The van der Waals surface area contributed by atoms with Crippen molar-refractivity contribution in [2.75, 3.05) is 10.6 Å². The molecular weight excluding hydrogens is 252 g/mol. The first kappa shape index (κ1) is 14.0. The number of aryl methyl sites for hydroxylation is 2. The molecule has 1 aromatic carbocycles. The molecule has 0 atom stereocenters. The number of rotatable bonds is 4. The van der Waals surface area contributed by atoms with Gasteiger partial charge in [0.2, 0.25) is 5.91 Å². The van der Waals surface area contributed by atoms with E-state index in [1.165, 1.54) is 0 Å². The van der Waals surface area contributed by atoms with E-state index in [1.54, 1.807) is 19.1 Å². The van der Waals surface area contributed by atoms with E-state index in [0.717, 1.165) is 16.8 Å². The summed E-state index contributed by atoms with van der Waals surface area (Å²) in [6.45, 7) is 5.87. The van der Waals surface area contributed by atoms with Crippen LogP contribution in [0.4, 0.5) is 17.3 Å². The van der Waals surface area contributed by atoms with Gasteiger partial charge >= 0.3 is 0 Å². The Labute approximate surface area is 118 Å². The maximum absolute atomic E-state index is 11.3. The molecule has 0 bridgehead atoms. The quantitative estimate of drug-likeness (QED) is 0.895. The Hall–Kier alpha value is -2.43. The Morgan fingerprint density at radius 1 is 1.05 bits per heavy atom. The Morgan fingerprint density at radius 3 is 2.20 bits per heavy atom. The van der Waals surface area contributed by atoms with Crippen molar-refractivity contribution in [2.24, 2.45) is 0 Å². The second kappa shape index (κ2) is 6.14. The van der Waals surface area contributed by atoms with Crippen LogP contribution in [0, 0.1) is 13.8 Å². The molecule has 1 amide bonds. The number of benzene rings is 1. The number of carbonyl (C=O) groups is 1. The highest BCUT2D eigenvalue weighted by atomic mass is 16.1. The fourth-order valence-corrected chi connectivity index (χ4v) is 1.84. The number of anilines is 3. The number of nitrogens with zero attached hydrogens (tertiary/aromatic N) is 2. The molecule has 0 saturated heterocycles. The monoisotopic (exact) mass is 270 g/mol. The minimum atomic E-state index is -0.0743. The summed E-state index contributed by atoms with van der Waals surface area (Å²) in [6.07, 6.45) is 0.421. The van der Waals surface area contributed by atoms with E-state index in [-0.39, 0.29) is 5.91 Å². The summed E-state index contributed by atoms with van der Waals surface area (Å²) in [5.74, 6) is 1.04. The van der Waals surface area contributed by atoms with Crippen LogP contribution in [-0.4, -0.2) is 16.1 Å². The molecular formula is C15H18N4O. The SMILES string of the molecule is CCC(=O)Nc1ccc(Nc2c(C)cccc2C)nn1. The van der Waals surface area contributed by atoms with Crippen LogP contribution in [0.2, 0.25) is 0 Å². The van der Waals surface area contributed by atoms with Gasteiger partial charge in [0.05, 0.1) is 0 Å². The topological polar surface area (TPSA) is 66.9 Å². The average molecular weight is 270 g/mol. The fraction of sp³-hybridized carbons (Fsp3) is 0.267. The lowest BCUT2D eigenvalue weighted by molar-refractivity contribution is -0.115. The van der Waals surface area contributed by atoms with Crippen LogP contribution in [0.15, 0.2) is 30.3 Å². The average Bonchev–Trinajstić information content (AvgIpc) is 2.44. The molecule has 0 aliphatic carbocycles. The number of amides is 1. The highest BCUT2D eigenvalue weighted by Crippen LogP contribution is 2.23. The maximum atomic E-state index is 11.3. The van der Waals surface area contributed by atoms with Gasteiger partial charge in [0.1, 0.15) is 0 Å². The maximum Gasteiger partial charge on any atom is 0.225 e. The van der Waals surface area contributed by atoms with Crippen LogP contribution in [0.5, 0.6) is 0 Å². The van der Waals surface area contributed by atoms with Crippen LogP contribution < -0.4 is 10.6 Å². The van der Waals surface area contributed by atoms with Gasteiger partial charge in [0.15, 0.2) is 11.6 Å². The smallest absolute Gasteiger partial charge is 0.225 e. The van der Waals surface area contributed by atoms with Crippen LogP contribution in [0.1, 0.15) is 24.5 Å². The second-order valence-electron chi connectivity index (χ2n) is 4.60.